The van der Waals surface area contributed by atoms with Crippen molar-refractivity contribution in [2.24, 2.45) is 0 Å². The van der Waals surface area contributed by atoms with Gasteiger partial charge in [0.1, 0.15) is 5.78 Å². The van der Waals surface area contributed by atoms with Crippen LogP contribution in [-0.2, 0) is 11.2 Å². The fraction of sp³-hybridized carbons (Fsp3) is 0.611. The molecule has 2 N–H and O–H groups in total. The Morgan fingerprint density at radius 2 is 2.05 bits per heavy atom. The van der Waals surface area contributed by atoms with Crippen molar-refractivity contribution in [3.63, 3.8) is 0 Å². The van der Waals surface area contributed by atoms with Crippen molar-refractivity contribution >= 4 is 5.78 Å². The van der Waals surface area contributed by atoms with Gasteiger partial charge in [-0.2, -0.15) is 0 Å². The highest BCUT2D eigenvalue weighted by Crippen LogP contribution is 2.26. The van der Waals surface area contributed by atoms with Crippen LogP contribution in [0.25, 0.3) is 0 Å². The van der Waals surface area contributed by atoms with Crippen molar-refractivity contribution in [2.75, 3.05) is 7.11 Å². The summed E-state index contributed by atoms with van der Waals surface area (Å²) in [4.78, 5) is 11.8. The van der Waals surface area contributed by atoms with Gasteiger partial charge in [-0.1, -0.05) is 39.7 Å². The number of carbonyl (C=O) groups is 1. The maximum atomic E-state index is 11.8. The van der Waals surface area contributed by atoms with E-state index in [0.29, 0.717) is 25.0 Å². The molecular formula is C18H30O4. The minimum Gasteiger partial charge on any atom is -0.504 e. The Hall–Kier alpha value is -1.55. The van der Waals surface area contributed by atoms with Crippen LogP contribution in [-0.4, -0.2) is 29.2 Å². The number of benzene rings is 1. The fourth-order valence-electron chi connectivity index (χ4n) is 2.26. The van der Waals surface area contributed by atoms with E-state index in [4.69, 9.17) is 4.74 Å². The first-order valence-electron chi connectivity index (χ1n) is 7.62. The molecular weight excluding hydrogens is 280 g/mol. The number of aliphatic hydroxyl groups is 1. The highest BCUT2D eigenvalue weighted by atomic mass is 16.5. The van der Waals surface area contributed by atoms with Crippen molar-refractivity contribution in [1.29, 1.82) is 0 Å². The third-order valence-corrected chi connectivity index (χ3v) is 3.54. The van der Waals surface area contributed by atoms with Crippen molar-refractivity contribution < 1.29 is 19.7 Å². The van der Waals surface area contributed by atoms with Crippen molar-refractivity contribution in [1.82, 2.24) is 0 Å². The Kier molecular flexibility index (Phi) is 10.3. The number of hydrogen-bond acceptors (Lipinski definition) is 4. The van der Waals surface area contributed by atoms with Crippen LogP contribution in [0, 0.1) is 0 Å². The predicted molar refractivity (Wildman–Crippen MR) is 89.5 cm³/mol. The number of methoxy groups -OCH3 is 1. The number of carbonyl (C=O) groups excluding carboxylic acids is 1. The van der Waals surface area contributed by atoms with Crippen LogP contribution in [0.2, 0.25) is 0 Å². The van der Waals surface area contributed by atoms with Crippen LogP contribution < -0.4 is 4.74 Å². The van der Waals surface area contributed by atoms with E-state index in [2.05, 4.69) is 6.92 Å². The molecule has 0 fully saturated rings. The lowest BCUT2D eigenvalue weighted by molar-refractivity contribution is -0.121. The van der Waals surface area contributed by atoms with Gasteiger partial charge in [0.05, 0.1) is 13.2 Å². The molecule has 4 nitrogen and oxygen atoms in total. The lowest BCUT2D eigenvalue weighted by Gasteiger charge is -2.10. The van der Waals surface area contributed by atoms with Crippen molar-refractivity contribution in [2.45, 2.75) is 65.4 Å². The molecule has 0 aliphatic rings. The number of phenols is 1. The van der Waals surface area contributed by atoms with Gasteiger partial charge in [0.2, 0.25) is 0 Å². The lowest BCUT2D eigenvalue weighted by atomic mass is 10.0. The smallest absolute Gasteiger partial charge is 0.160 e. The number of ether oxygens (including phenoxy) is 1. The molecule has 0 bridgehead atoms. The van der Waals surface area contributed by atoms with Crippen LogP contribution in [0.3, 0.4) is 0 Å². The Balaban J connectivity index is 0.00000441. The molecule has 22 heavy (non-hydrogen) atoms. The number of aliphatic hydroxyl groups excluding tert-OH is 1. The fourth-order valence-corrected chi connectivity index (χ4v) is 2.26. The van der Waals surface area contributed by atoms with E-state index < -0.39 is 6.10 Å². The third kappa shape index (κ3) is 7.46. The van der Waals surface area contributed by atoms with Gasteiger partial charge in [-0.3, -0.25) is 4.79 Å². The number of ketones is 1. The topological polar surface area (TPSA) is 66.8 Å². The molecule has 1 rings (SSSR count). The Morgan fingerprint density at radius 3 is 2.68 bits per heavy atom. The molecule has 0 spiro atoms. The van der Waals surface area contributed by atoms with Gasteiger partial charge in [0.15, 0.2) is 11.5 Å². The highest BCUT2D eigenvalue weighted by molar-refractivity contribution is 5.79. The van der Waals surface area contributed by atoms with Crippen LogP contribution in [0.4, 0.5) is 0 Å². The first-order chi connectivity index (χ1) is 10.1. The summed E-state index contributed by atoms with van der Waals surface area (Å²) in [5, 5.41) is 19.3. The second-order valence-electron chi connectivity index (χ2n) is 5.40. The number of hydrogen-bond donors (Lipinski definition) is 2. The summed E-state index contributed by atoms with van der Waals surface area (Å²) in [6, 6.07) is 5.08. The Morgan fingerprint density at radius 1 is 1.32 bits per heavy atom. The van der Waals surface area contributed by atoms with E-state index in [1.54, 1.807) is 18.2 Å². The summed E-state index contributed by atoms with van der Waals surface area (Å²) >= 11 is 0. The van der Waals surface area contributed by atoms with Crippen molar-refractivity contribution in [3.05, 3.63) is 23.8 Å². The summed E-state index contributed by atoms with van der Waals surface area (Å²) in [6.07, 6.45) is 4.60. The zero-order valence-electron chi connectivity index (χ0n) is 13.0. The quantitative estimate of drug-likeness (QED) is 0.644. The Bertz CT molecular complexity index is 443. The van der Waals surface area contributed by atoms with Crippen molar-refractivity contribution in [3.8, 4) is 11.5 Å². The van der Waals surface area contributed by atoms with Crippen LogP contribution in [0.1, 0.15) is 58.4 Å². The second kappa shape index (κ2) is 11.1. The average molecular weight is 310 g/mol. The molecule has 0 saturated heterocycles. The van der Waals surface area contributed by atoms with E-state index in [-0.39, 0.29) is 25.4 Å². The summed E-state index contributed by atoms with van der Waals surface area (Å²) in [6.45, 7) is 2.11. The molecule has 0 unspecified atom stereocenters. The van der Waals surface area contributed by atoms with Crippen LogP contribution in [0.5, 0.6) is 11.5 Å². The van der Waals surface area contributed by atoms with Crippen LogP contribution in [0.15, 0.2) is 18.2 Å². The zero-order valence-corrected chi connectivity index (χ0v) is 13.0. The highest BCUT2D eigenvalue weighted by Gasteiger charge is 2.11. The SMILES string of the molecule is C.CCCCC[C@H](O)CC(=O)CCc1ccc(O)c(OC)c1. The zero-order chi connectivity index (χ0) is 15.7. The summed E-state index contributed by atoms with van der Waals surface area (Å²) in [5.41, 5.74) is 0.943. The standard InChI is InChI=1S/C17H26O4.CH4/c1-3-4-5-6-14(18)12-15(19)9-7-13-8-10-16(20)17(11-13)21-2;/h8,10-11,14,18,20H,3-7,9,12H2,1-2H3;1H4/t14-;/m0./s1. The molecule has 4 heteroatoms. The molecule has 126 valence electrons. The number of Topliss-reactive ketones (excluding diaryl/α,β-unsaturated/α-hetero) is 1. The molecule has 0 heterocycles. The lowest BCUT2D eigenvalue weighted by Crippen LogP contribution is -2.13. The van der Waals surface area contributed by atoms with E-state index in [1.807, 2.05) is 0 Å². The van der Waals surface area contributed by atoms with Gasteiger partial charge < -0.3 is 14.9 Å². The summed E-state index contributed by atoms with van der Waals surface area (Å²) in [5.74, 6) is 0.588. The molecule has 0 aromatic heterocycles. The molecule has 0 radical (unpaired) electrons. The molecule has 0 aliphatic carbocycles. The minimum absolute atomic E-state index is 0. The largest absolute Gasteiger partial charge is 0.504 e. The summed E-state index contributed by atoms with van der Waals surface area (Å²) in [7, 11) is 1.50. The molecule has 1 aromatic rings. The van der Waals surface area contributed by atoms with Gasteiger partial charge >= 0.3 is 0 Å². The number of aryl methyl sites for hydroxylation is 1. The molecule has 0 saturated carbocycles. The molecule has 1 atom stereocenters. The predicted octanol–water partition coefficient (Wildman–Crippen LogP) is 3.87. The van der Waals surface area contributed by atoms with Gasteiger partial charge in [0.25, 0.3) is 0 Å². The number of unbranched alkanes of at least 4 members (excludes halogenated alkanes) is 2. The summed E-state index contributed by atoms with van der Waals surface area (Å²) < 4.78 is 5.04. The third-order valence-electron chi connectivity index (χ3n) is 3.54. The van der Waals surface area contributed by atoms with E-state index >= 15 is 0 Å². The van der Waals surface area contributed by atoms with E-state index in [0.717, 1.165) is 24.8 Å². The van der Waals surface area contributed by atoms with Gasteiger partial charge in [0, 0.05) is 12.8 Å². The van der Waals surface area contributed by atoms with Gasteiger partial charge in [-0.05, 0) is 30.5 Å². The normalized spacial score (nSPS) is 11.6. The maximum absolute atomic E-state index is 11.8. The maximum Gasteiger partial charge on any atom is 0.160 e. The average Bonchev–Trinajstić information content (AvgIpc) is 2.46. The number of phenolic OH excluding ortho intramolecular Hbond substituents is 1. The molecule has 0 amide bonds. The minimum atomic E-state index is -0.515. The number of aromatic hydroxyl groups is 1. The Labute approximate surface area is 134 Å². The molecule has 1 aromatic carbocycles. The number of rotatable bonds is 10. The first-order valence-corrected chi connectivity index (χ1v) is 7.62. The molecule has 0 aliphatic heterocycles. The van der Waals surface area contributed by atoms with E-state index in [1.165, 1.54) is 7.11 Å². The van der Waals surface area contributed by atoms with E-state index in [9.17, 15) is 15.0 Å². The van der Waals surface area contributed by atoms with Gasteiger partial charge in [-0.15, -0.1) is 0 Å². The first kappa shape index (κ1) is 20.5. The van der Waals surface area contributed by atoms with Crippen LogP contribution >= 0.6 is 0 Å². The van der Waals surface area contributed by atoms with Gasteiger partial charge in [-0.25, -0.2) is 0 Å². The monoisotopic (exact) mass is 310 g/mol. The second-order valence-corrected chi connectivity index (χ2v) is 5.40.